The van der Waals surface area contributed by atoms with E-state index in [1.807, 2.05) is 0 Å². The van der Waals surface area contributed by atoms with Gasteiger partial charge in [-0.15, -0.1) is 0 Å². The monoisotopic (exact) mass is 511 g/mol. The SMILES string of the molecule is [2H]C[C@H]1O[C@H]([3H])C[C@@H]1O[P@@]1(=O)CCC[C@H]([C@H]2O[C@H]([3H])C[C@@H]2OP(OCC[N+]#[C-])N(C(C)C)C(C)C)O1. The number of hydrogen-bond donors (Lipinski definition) is 0. The van der Waals surface area contributed by atoms with Crippen molar-refractivity contribution in [2.45, 2.75) is 103 Å². The Kier molecular flexibility index (Phi) is 8.97. The van der Waals surface area contributed by atoms with E-state index in [9.17, 15) is 4.57 Å². The summed E-state index contributed by atoms with van der Waals surface area (Å²) in [7, 11) is -5.04. The van der Waals surface area contributed by atoms with Crippen molar-refractivity contribution in [1.82, 2.24) is 4.67 Å². The van der Waals surface area contributed by atoms with Crippen LogP contribution in [0.1, 0.15) is 64.4 Å². The molecule has 0 radical (unpaired) electrons. The second kappa shape index (κ2) is 12.7. The first-order valence-electron chi connectivity index (χ1n) is 13.5. The highest BCUT2D eigenvalue weighted by Gasteiger charge is 2.46. The van der Waals surface area contributed by atoms with Gasteiger partial charge in [0.05, 0.1) is 33.3 Å². The van der Waals surface area contributed by atoms with E-state index in [4.69, 9.17) is 38.3 Å². The van der Waals surface area contributed by atoms with Crippen LogP contribution in [0, 0.1) is 6.57 Å². The molecule has 33 heavy (non-hydrogen) atoms. The number of hydrogen-bond acceptors (Lipinski definition) is 8. The van der Waals surface area contributed by atoms with Crippen LogP contribution in [0.2, 0.25) is 0 Å². The smallest absolute Gasteiger partial charge is 0.331 e. The van der Waals surface area contributed by atoms with Gasteiger partial charge >= 0.3 is 7.60 Å². The molecular formula is C22H40N2O7P2. The largest absolute Gasteiger partial charge is 0.376 e. The fourth-order valence-corrected chi connectivity index (χ4v) is 8.08. The summed E-state index contributed by atoms with van der Waals surface area (Å²) in [6.07, 6.45) is -0.928. The van der Waals surface area contributed by atoms with E-state index in [1.165, 1.54) is 0 Å². The molecule has 0 spiro atoms. The van der Waals surface area contributed by atoms with Crippen LogP contribution < -0.4 is 0 Å². The van der Waals surface area contributed by atoms with Crippen LogP contribution in [0.5, 0.6) is 0 Å². The predicted octanol–water partition coefficient (Wildman–Crippen LogP) is 5.01. The van der Waals surface area contributed by atoms with Crippen molar-refractivity contribution in [2.24, 2.45) is 0 Å². The van der Waals surface area contributed by atoms with Gasteiger partial charge < -0.3 is 32.4 Å². The Balaban J connectivity index is 1.72. The lowest BCUT2D eigenvalue weighted by atomic mass is 10.0. The van der Waals surface area contributed by atoms with Gasteiger partial charge in [0, 0.05) is 39.5 Å². The molecule has 0 amide bonds. The maximum Gasteiger partial charge on any atom is 0.331 e. The summed E-state index contributed by atoms with van der Waals surface area (Å²) in [6.45, 7) is 14.1. The molecule has 3 fully saturated rings. The average Bonchev–Trinajstić information content (AvgIpc) is 3.33. The lowest BCUT2D eigenvalue weighted by Gasteiger charge is -2.39. The van der Waals surface area contributed by atoms with Crippen LogP contribution in [0.15, 0.2) is 0 Å². The molecule has 11 heteroatoms. The zero-order valence-corrected chi connectivity index (χ0v) is 21.8. The first-order valence-corrected chi connectivity index (χ1v) is 14.5. The van der Waals surface area contributed by atoms with Gasteiger partial charge in [0.1, 0.15) is 12.7 Å². The summed E-state index contributed by atoms with van der Waals surface area (Å²) < 4.78 is 75.1. The average molecular weight is 512 g/mol. The van der Waals surface area contributed by atoms with Gasteiger partial charge in [-0.3, -0.25) is 4.57 Å². The van der Waals surface area contributed by atoms with Crippen molar-refractivity contribution in [3.8, 4) is 0 Å². The molecule has 3 rings (SSSR count). The summed E-state index contributed by atoms with van der Waals surface area (Å²) in [5.74, 6) is 0. The van der Waals surface area contributed by atoms with E-state index >= 15 is 0 Å². The Morgan fingerprint density at radius 3 is 2.67 bits per heavy atom. The lowest BCUT2D eigenvalue weighted by Crippen LogP contribution is -2.41. The van der Waals surface area contributed by atoms with Crippen molar-refractivity contribution in [1.29, 1.82) is 0 Å². The van der Waals surface area contributed by atoms with Crippen LogP contribution in [0.4, 0.5) is 0 Å². The summed E-state index contributed by atoms with van der Waals surface area (Å²) in [4.78, 5) is 3.37. The maximum atomic E-state index is 13.6. The molecule has 0 aromatic heterocycles. The molecule has 190 valence electrons. The Morgan fingerprint density at radius 2 is 1.97 bits per heavy atom. The van der Waals surface area contributed by atoms with Gasteiger partial charge in [0.2, 0.25) is 6.54 Å². The second-order valence-electron chi connectivity index (χ2n) is 9.01. The maximum absolute atomic E-state index is 13.6. The molecule has 3 heterocycles. The zero-order chi connectivity index (χ0) is 26.5. The molecule has 9 nitrogen and oxygen atoms in total. The van der Waals surface area contributed by atoms with E-state index in [1.54, 1.807) is 0 Å². The van der Waals surface area contributed by atoms with Crippen molar-refractivity contribution >= 4 is 16.1 Å². The minimum atomic E-state index is -3.51. The fourth-order valence-electron chi connectivity index (χ4n) is 4.25. The van der Waals surface area contributed by atoms with E-state index in [-0.39, 0.29) is 44.7 Å². The van der Waals surface area contributed by atoms with Gasteiger partial charge in [0.15, 0.2) is 0 Å². The molecule has 0 aliphatic carbocycles. The Morgan fingerprint density at radius 1 is 1.24 bits per heavy atom. The third-order valence-electron chi connectivity index (χ3n) is 5.72. The van der Waals surface area contributed by atoms with E-state index in [0.717, 1.165) is 0 Å². The summed E-state index contributed by atoms with van der Waals surface area (Å²) in [5, 5.41) is 0. The van der Waals surface area contributed by atoms with Crippen LogP contribution in [-0.4, -0.2) is 79.8 Å². The molecule has 3 aliphatic rings. The highest BCUT2D eigenvalue weighted by atomic mass is 31.2. The first kappa shape index (κ1) is 23.3. The van der Waals surface area contributed by atoms with Gasteiger partial charge in [-0.2, -0.15) is 0 Å². The third-order valence-corrected chi connectivity index (χ3v) is 9.92. The van der Waals surface area contributed by atoms with E-state index < -0.39 is 59.8 Å². The zero-order valence-electron chi connectivity index (χ0n) is 23.0. The van der Waals surface area contributed by atoms with Crippen LogP contribution in [0.3, 0.4) is 0 Å². The van der Waals surface area contributed by atoms with Gasteiger partial charge in [0.25, 0.3) is 8.53 Å². The summed E-state index contributed by atoms with van der Waals surface area (Å²) in [5.41, 5.74) is 0. The quantitative estimate of drug-likeness (QED) is 0.218. The topological polar surface area (TPSA) is 80.1 Å². The second-order valence-corrected chi connectivity index (χ2v) is 12.5. The van der Waals surface area contributed by atoms with E-state index in [0.29, 0.717) is 19.3 Å². The van der Waals surface area contributed by atoms with Crippen LogP contribution >= 0.6 is 16.1 Å². The fraction of sp³-hybridized carbons (Fsp3) is 0.955. The Hall–Kier alpha value is -0.130. The number of rotatable bonds is 11. The van der Waals surface area contributed by atoms with Crippen molar-refractivity contribution < 1.29 is 36.2 Å². The molecule has 3 aliphatic heterocycles. The Bertz CT molecular complexity index is 785. The van der Waals surface area contributed by atoms with Gasteiger partial charge in [-0.05, 0) is 47.4 Å². The van der Waals surface area contributed by atoms with Crippen molar-refractivity contribution in [3.63, 3.8) is 0 Å². The lowest BCUT2D eigenvalue weighted by molar-refractivity contribution is -0.0481. The van der Waals surface area contributed by atoms with Crippen LogP contribution in [0.25, 0.3) is 4.85 Å². The predicted molar refractivity (Wildman–Crippen MR) is 127 cm³/mol. The molecule has 0 saturated carbocycles. The molecule has 0 aromatic carbocycles. The summed E-state index contributed by atoms with van der Waals surface area (Å²) >= 11 is 0. The van der Waals surface area contributed by atoms with Gasteiger partial charge in [-0.25, -0.2) is 11.2 Å². The minimum absolute atomic E-state index is 0.0785. The molecule has 0 aromatic rings. The normalized spacial score (nSPS) is 41.8. The van der Waals surface area contributed by atoms with Crippen LogP contribution in [-0.2, 0) is 32.1 Å². The molecular weight excluding hydrogens is 466 g/mol. The highest BCUT2D eigenvalue weighted by molar-refractivity contribution is 7.53. The molecule has 3 saturated heterocycles. The Labute approximate surface area is 204 Å². The van der Waals surface area contributed by atoms with E-state index in [2.05, 4.69) is 37.2 Å². The van der Waals surface area contributed by atoms with Gasteiger partial charge in [-0.1, -0.05) is 0 Å². The molecule has 9 atom stereocenters. The third kappa shape index (κ3) is 7.43. The molecule has 1 unspecified atom stereocenters. The molecule has 0 bridgehead atoms. The van der Waals surface area contributed by atoms with Crippen molar-refractivity contribution in [2.75, 3.05) is 32.5 Å². The highest BCUT2D eigenvalue weighted by Crippen LogP contribution is 2.57. The first-order chi connectivity index (χ1) is 17.1. The number of ether oxygens (including phenoxy) is 2. The minimum Gasteiger partial charge on any atom is -0.376 e. The van der Waals surface area contributed by atoms with Crippen molar-refractivity contribution in [3.05, 3.63) is 11.4 Å². The number of nitrogens with zero attached hydrogens (tertiary/aromatic N) is 2. The summed E-state index contributed by atoms with van der Waals surface area (Å²) in [6, 6.07) is 0.270. The molecule has 0 N–H and O–H groups in total. The standard InChI is InChI=1S/C22H40N2O7P2/c1-16(2)24(17(3)4)32(28-14-11-23-6)29-20-10-13-27-22(20)21-8-7-15-33(25,31-21)30-19-9-12-26-18(19)5/h16-22H,7-15H2,1-5H3/t18-,19+,20+,21-,22+,32?,33+/m1/s1/i5D,12T,13T/t12-,13-,18-,19+,20+,21-,22+,32?,33+.